The minimum absolute atomic E-state index is 0.0521. The molecule has 3 rings (SSSR count). The number of hydrogen-bond donors (Lipinski definition) is 1. The topological polar surface area (TPSA) is 83.1 Å². The van der Waals surface area contributed by atoms with E-state index in [0.717, 1.165) is 11.1 Å². The van der Waals surface area contributed by atoms with E-state index in [4.69, 9.17) is 18.9 Å². The Hall–Kier alpha value is -3.22. The molecule has 29 heavy (non-hydrogen) atoms. The van der Waals surface area contributed by atoms with Crippen LogP contribution in [0, 0.1) is 6.92 Å². The van der Waals surface area contributed by atoms with Gasteiger partial charge < -0.3 is 24.3 Å². The van der Waals surface area contributed by atoms with Crippen LogP contribution in [0.4, 0.5) is 5.69 Å². The highest BCUT2D eigenvalue weighted by molar-refractivity contribution is 6.04. The standard InChI is InChI=1S/C22H25NO6/c1-12-6-7-16(21-15(24)8-13(2)20(12)21)29-11-19(25)23-14-9-17(26-3)22(28-5)18(10-14)27-4/h6-7,9-10,13H,8,11H2,1-5H3,(H,23,25)/t13-/m1/s1. The maximum atomic E-state index is 12.4. The number of carbonyl (C=O) groups excluding carboxylic acids is 2. The van der Waals surface area contributed by atoms with Crippen LogP contribution in [0.25, 0.3) is 0 Å². The molecule has 0 heterocycles. The summed E-state index contributed by atoms with van der Waals surface area (Å²) < 4.78 is 21.5. The van der Waals surface area contributed by atoms with E-state index < -0.39 is 0 Å². The lowest BCUT2D eigenvalue weighted by Crippen LogP contribution is -2.21. The molecular formula is C22H25NO6. The van der Waals surface area contributed by atoms with Gasteiger partial charge in [-0.3, -0.25) is 9.59 Å². The van der Waals surface area contributed by atoms with Gasteiger partial charge in [0.05, 0.1) is 26.9 Å². The number of rotatable bonds is 7. The Morgan fingerprint density at radius 2 is 1.72 bits per heavy atom. The van der Waals surface area contributed by atoms with Crippen LogP contribution in [-0.2, 0) is 4.79 Å². The average molecular weight is 399 g/mol. The summed E-state index contributed by atoms with van der Waals surface area (Å²) in [5.41, 5.74) is 3.15. The highest BCUT2D eigenvalue weighted by atomic mass is 16.5. The molecule has 0 saturated heterocycles. The number of hydrogen-bond acceptors (Lipinski definition) is 6. The lowest BCUT2D eigenvalue weighted by atomic mass is 9.97. The molecule has 2 aromatic carbocycles. The molecule has 2 aromatic rings. The zero-order valence-corrected chi connectivity index (χ0v) is 17.3. The van der Waals surface area contributed by atoms with E-state index in [1.807, 2.05) is 19.9 Å². The summed E-state index contributed by atoms with van der Waals surface area (Å²) >= 11 is 0. The molecule has 1 aliphatic rings. The summed E-state index contributed by atoms with van der Waals surface area (Å²) in [5, 5.41) is 2.75. The molecule has 1 aliphatic carbocycles. The summed E-state index contributed by atoms with van der Waals surface area (Å²) in [6.45, 7) is 3.78. The van der Waals surface area contributed by atoms with Gasteiger partial charge in [0, 0.05) is 24.2 Å². The minimum atomic E-state index is -0.368. The summed E-state index contributed by atoms with van der Waals surface area (Å²) in [4.78, 5) is 24.8. The number of anilines is 1. The second-order valence-corrected chi connectivity index (χ2v) is 6.95. The Kier molecular flexibility index (Phi) is 5.96. The van der Waals surface area contributed by atoms with Crippen molar-refractivity contribution in [3.63, 3.8) is 0 Å². The second kappa shape index (κ2) is 8.43. The summed E-state index contributed by atoms with van der Waals surface area (Å²) in [6, 6.07) is 6.93. The molecule has 7 heteroatoms. The van der Waals surface area contributed by atoms with E-state index in [2.05, 4.69) is 5.32 Å². The molecule has 0 saturated carbocycles. The van der Waals surface area contributed by atoms with Crippen molar-refractivity contribution in [3.8, 4) is 23.0 Å². The van der Waals surface area contributed by atoms with Crippen molar-refractivity contribution in [1.82, 2.24) is 0 Å². The minimum Gasteiger partial charge on any atom is -0.493 e. The van der Waals surface area contributed by atoms with Crippen LogP contribution < -0.4 is 24.3 Å². The van der Waals surface area contributed by atoms with Crippen LogP contribution in [0.3, 0.4) is 0 Å². The van der Waals surface area contributed by atoms with Crippen LogP contribution in [-0.4, -0.2) is 39.6 Å². The maximum Gasteiger partial charge on any atom is 0.262 e. The van der Waals surface area contributed by atoms with Gasteiger partial charge in [-0.15, -0.1) is 0 Å². The Labute approximate surface area is 169 Å². The molecule has 154 valence electrons. The van der Waals surface area contributed by atoms with Crippen molar-refractivity contribution in [2.45, 2.75) is 26.2 Å². The third kappa shape index (κ3) is 3.99. The first-order chi connectivity index (χ1) is 13.9. The predicted octanol–water partition coefficient (Wildman–Crippen LogP) is 3.73. The fraction of sp³-hybridized carbons (Fsp3) is 0.364. The van der Waals surface area contributed by atoms with E-state index in [0.29, 0.717) is 40.7 Å². The molecule has 1 amide bonds. The molecule has 0 aromatic heterocycles. The van der Waals surface area contributed by atoms with E-state index in [9.17, 15) is 9.59 Å². The van der Waals surface area contributed by atoms with Crippen molar-refractivity contribution in [1.29, 1.82) is 0 Å². The van der Waals surface area contributed by atoms with Crippen molar-refractivity contribution < 1.29 is 28.5 Å². The molecule has 0 fully saturated rings. The van der Waals surface area contributed by atoms with E-state index in [1.54, 1.807) is 18.2 Å². The molecule has 1 N–H and O–H groups in total. The van der Waals surface area contributed by atoms with Gasteiger partial charge in [0.2, 0.25) is 5.75 Å². The molecule has 1 atom stereocenters. The Morgan fingerprint density at radius 1 is 1.07 bits per heavy atom. The van der Waals surface area contributed by atoms with Gasteiger partial charge in [-0.2, -0.15) is 0 Å². The predicted molar refractivity (Wildman–Crippen MR) is 109 cm³/mol. The quantitative estimate of drug-likeness (QED) is 0.764. The smallest absolute Gasteiger partial charge is 0.262 e. The Balaban J connectivity index is 1.74. The molecule has 0 bridgehead atoms. The normalized spacial score (nSPS) is 14.9. The fourth-order valence-electron chi connectivity index (χ4n) is 3.72. The molecule has 0 radical (unpaired) electrons. The third-order valence-electron chi connectivity index (χ3n) is 5.00. The van der Waals surface area contributed by atoms with Gasteiger partial charge in [-0.05, 0) is 30.0 Å². The number of amides is 1. The third-order valence-corrected chi connectivity index (χ3v) is 5.00. The zero-order valence-electron chi connectivity index (χ0n) is 17.3. The van der Waals surface area contributed by atoms with Crippen molar-refractivity contribution in [2.24, 2.45) is 0 Å². The van der Waals surface area contributed by atoms with Crippen LogP contribution in [0.2, 0.25) is 0 Å². The molecule has 7 nitrogen and oxygen atoms in total. The first kappa shape index (κ1) is 20.5. The zero-order chi connectivity index (χ0) is 21.1. The number of benzene rings is 2. The first-order valence-electron chi connectivity index (χ1n) is 9.28. The monoisotopic (exact) mass is 399 g/mol. The number of carbonyl (C=O) groups is 2. The highest BCUT2D eigenvalue weighted by Gasteiger charge is 2.31. The number of ether oxygens (including phenoxy) is 4. The number of methoxy groups -OCH3 is 3. The van der Waals surface area contributed by atoms with E-state index in [-0.39, 0.29) is 24.2 Å². The summed E-state index contributed by atoms with van der Waals surface area (Å²) in [5.74, 6) is 1.59. The van der Waals surface area contributed by atoms with Gasteiger partial charge in [0.15, 0.2) is 23.9 Å². The molecular weight excluding hydrogens is 374 g/mol. The van der Waals surface area contributed by atoms with Crippen molar-refractivity contribution in [3.05, 3.63) is 41.0 Å². The number of Topliss-reactive ketones (excluding diaryl/α,β-unsaturated/α-hetero) is 1. The van der Waals surface area contributed by atoms with E-state index >= 15 is 0 Å². The summed E-state index contributed by atoms with van der Waals surface area (Å²) in [6.07, 6.45) is 0.466. The average Bonchev–Trinajstić information content (AvgIpc) is 3.01. The van der Waals surface area contributed by atoms with E-state index in [1.165, 1.54) is 21.3 Å². The first-order valence-corrected chi connectivity index (χ1v) is 9.28. The number of nitrogens with one attached hydrogen (secondary N) is 1. The fourth-order valence-corrected chi connectivity index (χ4v) is 3.72. The molecule has 0 unspecified atom stereocenters. The lowest BCUT2D eigenvalue weighted by molar-refractivity contribution is -0.118. The van der Waals surface area contributed by atoms with Crippen LogP contribution in [0.15, 0.2) is 24.3 Å². The summed E-state index contributed by atoms with van der Waals surface area (Å²) in [7, 11) is 4.51. The SMILES string of the molecule is COc1cc(NC(=O)COc2ccc(C)c3c2C(=O)C[C@H]3C)cc(OC)c1OC. The Bertz CT molecular complexity index is 928. The maximum absolute atomic E-state index is 12.4. The van der Waals surface area contributed by atoms with Crippen LogP contribution in [0.5, 0.6) is 23.0 Å². The highest BCUT2D eigenvalue weighted by Crippen LogP contribution is 2.41. The largest absolute Gasteiger partial charge is 0.493 e. The number of fused-ring (bicyclic) bond motifs is 1. The van der Waals surface area contributed by atoms with Gasteiger partial charge in [-0.1, -0.05) is 13.0 Å². The Morgan fingerprint density at radius 3 is 2.31 bits per heavy atom. The van der Waals surface area contributed by atoms with Gasteiger partial charge in [0.25, 0.3) is 5.91 Å². The lowest BCUT2D eigenvalue weighted by Gasteiger charge is -2.15. The van der Waals surface area contributed by atoms with Crippen LogP contribution >= 0.6 is 0 Å². The van der Waals surface area contributed by atoms with Gasteiger partial charge >= 0.3 is 0 Å². The van der Waals surface area contributed by atoms with Gasteiger partial charge in [-0.25, -0.2) is 0 Å². The molecule has 0 aliphatic heterocycles. The van der Waals surface area contributed by atoms with Crippen LogP contribution in [0.1, 0.15) is 40.7 Å². The number of ketones is 1. The van der Waals surface area contributed by atoms with Crippen molar-refractivity contribution in [2.75, 3.05) is 33.3 Å². The van der Waals surface area contributed by atoms with Gasteiger partial charge in [0.1, 0.15) is 5.75 Å². The second-order valence-electron chi connectivity index (χ2n) is 6.95. The molecule has 0 spiro atoms. The van der Waals surface area contributed by atoms with Crippen molar-refractivity contribution >= 4 is 17.4 Å². The number of aryl methyl sites for hydroxylation is 1.